The second-order valence-electron chi connectivity index (χ2n) is 3.08. The van der Waals surface area contributed by atoms with E-state index in [4.69, 9.17) is 16.6 Å². The summed E-state index contributed by atoms with van der Waals surface area (Å²) in [5.74, 6) is 0.713. The van der Waals surface area contributed by atoms with Gasteiger partial charge in [0.1, 0.15) is 0 Å². The van der Waals surface area contributed by atoms with Gasteiger partial charge >= 0.3 is 0 Å². The van der Waals surface area contributed by atoms with E-state index in [2.05, 4.69) is 6.92 Å². The summed E-state index contributed by atoms with van der Waals surface area (Å²) < 4.78 is 0. The first-order valence-corrected chi connectivity index (χ1v) is 4.54. The normalized spacial score (nSPS) is 12.5. The summed E-state index contributed by atoms with van der Waals surface area (Å²) in [5, 5.41) is 8.74. The van der Waals surface area contributed by atoms with Gasteiger partial charge in [-0.3, -0.25) is 0 Å². The average molecular weight is 172 g/mol. The van der Waals surface area contributed by atoms with Gasteiger partial charge < -0.3 is 16.6 Å². The summed E-state index contributed by atoms with van der Waals surface area (Å²) in [4.78, 5) is 0. The quantitative estimate of drug-likeness (QED) is 0.558. The van der Waals surface area contributed by atoms with Gasteiger partial charge in [-0.1, -0.05) is 19.8 Å². The van der Waals surface area contributed by atoms with Crippen molar-refractivity contribution in [3.8, 4) is 0 Å². The summed E-state index contributed by atoms with van der Waals surface area (Å²) >= 11 is 0. The van der Waals surface area contributed by atoms with E-state index in [9.17, 15) is 0 Å². The van der Waals surface area contributed by atoms with Crippen LogP contribution in [0.15, 0.2) is 11.9 Å². The van der Waals surface area contributed by atoms with Crippen LogP contribution in [0.2, 0.25) is 0 Å². The molecular weight excluding hydrogens is 152 g/mol. The third-order valence-corrected chi connectivity index (χ3v) is 1.86. The lowest BCUT2D eigenvalue weighted by Gasteiger charge is -2.10. The summed E-state index contributed by atoms with van der Waals surface area (Å²) in [7, 11) is 0. The maximum Gasteiger partial charge on any atom is 0.0895 e. The van der Waals surface area contributed by atoms with Crippen molar-refractivity contribution in [1.29, 1.82) is 0 Å². The van der Waals surface area contributed by atoms with E-state index in [-0.39, 0.29) is 6.61 Å². The minimum absolute atomic E-state index is 0.207. The monoisotopic (exact) mass is 172 g/mol. The first-order chi connectivity index (χ1) is 5.70. The predicted molar refractivity (Wildman–Crippen MR) is 51.2 cm³/mol. The molecule has 0 amide bonds. The van der Waals surface area contributed by atoms with Crippen molar-refractivity contribution in [1.82, 2.24) is 0 Å². The number of aliphatic hydroxyl groups excluding tert-OH is 1. The lowest BCUT2D eigenvalue weighted by molar-refractivity contribution is 0.265. The Bertz CT molecular complexity index is 130. The Balaban J connectivity index is 3.78. The molecule has 5 N–H and O–H groups in total. The fourth-order valence-electron chi connectivity index (χ4n) is 1.22. The second-order valence-corrected chi connectivity index (χ2v) is 3.08. The maximum absolute atomic E-state index is 8.74. The van der Waals surface area contributed by atoms with Gasteiger partial charge in [0.15, 0.2) is 0 Å². The molecule has 1 atom stereocenters. The van der Waals surface area contributed by atoms with Crippen molar-refractivity contribution in [3.05, 3.63) is 11.9 Å². The minimum atomic E-state index is 0.207. The Hall–Kier alpha value is -0.700. The molecule has 0 saturated heterocycles. The third-order valence-electron chi connectivity index (χ3n) is 1.86. The van der Waals surface area contributed by atoms with Crippen LogP contribution in [0, 0.1) is 5.92 Å². The lowest BCUT2D eigenvalue weighted by atomic mass is 9.98. The molecule has 0 aromatic heterocycles. The molecule has 0 heterocycles. The predicted octanol–water partition coefficient (Wildman–Crippen LogP) is 0.934. The Labute approximate surface area is 74.4 Å². The number of allylic oxidation sites excluding steroid dienone is 1. The van der Waals surface area contributed by atoms with Crippen molar-refractivity contribution in [2.24, 2.45) is 17.4 Å². The number of aliphatic hydroxyl groups is 1. The Morgan fingerprint density at radius 1 is 1.42 bits per heavy atom. The fraction of sp³-hybridized carbons (Fsp3) is 0.778. The van der Waals surface area contributed by atoms with Crippen LogP contribution in [0.5, 0.6) is 0 Å². The van der Waals surface area contributed by atoms with Crippen molar-refractivity contribution in [2.45, 2.75) is 32.6 Å². The van der Waals surface area contributed by atoms with Crippen LogP contribution >= 0.6 is 0 Å². The largest absolute Gasteiger partial charge is 0.396 e. The molecule has 3 nitrogen and oxygen atoms in total. The summed E-state index contributed by atoms with van der Waals surface area (Å²) in [6.45, 7) is 2.35. The zero-order chi connectivity index (χ0) is 9.40. The zero-order valence-electron chi connectivity index (χ0n) is 7.79. The second kappa shape index (κ2) is 6.98. The van der Waals surface area contributed by atoms with Crippen LogP contribution in [0.4, 0.5) is 0 Å². The number of hydrogen-bond acceptors (Lipinski definition) is 3. The minimum Gasteiger partial charge on any atom is -0.396 e. The summed E-state index contributed by atoms with van der Waals surface area (Å²) in [6.07, 6.45) is 5.99. The SMILES string of the molecule is CCCCC(C=C(N)N)CCO. The molecule has 0 radical (unpaired) electrons. The van der Waals surface area contributed by atoms with Crippen LogP contribution in [0.3, 0.4) is 0 Å². The number of hydrogen-bond donors (Lipinski definition) is 3. The van der Waals surface area contributed by atoms with Crippen LogP contribution < -0.4 is 11.5 Å². The molecule has 0 spiro atoms. The van der Waals surface area contributed by atoms with Crippen LogP contribution in [-0.2, 0) is 0 Å². The lowest BCUT2D eigenvalue weighted by Crippen LogP contribution is -2.11. The third kappa shape index (κ3) is 6.04. The maximum atomic E-state index is 8.74. The summed E-state index contributed by atoms with van der Waals surface area (Å²) in [6, 6.07) is 0. The highest BCUT2D eigenvalue weighted by Crippen LogP contribution is 2.13. The fourth-order valence-corrected chi connectivity index (χ4v) is 1.22. The van der Waals surface area contributed by atoms with Crippen molar-refractivity contribution >= 4 is 0 Å². The van der Waals surface area contributed by atoms with Gasteiger partial charge in [-0.05, 0) is 24.8 Å². The van der Waals surface area contributed by atoms with E-state index in [0.29, 0.717) is 11.7 Å². The molecule has 1 unspecified atom stereocenters. The first-order valence-electron chi connectivity index (χ1n) is 4.54. The molecule has 0 bridgehead atoms. The van der Waals surface area contributed by atoms with Crippen molar-refractivity contribution < 1.29 is 5.11 Å². The van der Waals surface area contributed by atoms with Gasteiger partial charge in [0.2, 0.25) is 0 Å². The molecule has 0 aromatic rings. The van der Waals surface area contributed by atoms with Crippen LogP contribution in [0.25, 0.3) is 0 Å². The molecule has 0 saturated carbocycles. The van der Waals surface area contributed by atoms with Gasteiger partial charge in [0, 0.05) is 6.61 Å². The summed E-state index contributed by atoms with van der Waals surface area (Å²) in [5.41, 5.74) is 10.7. The van der Waals surface area contributed by atoms with Gasteiger partial charge in [-0.25, -0.2) is 0 Å². The molecule has 3 heteroatoms. The van der Waals surface area contributed by atoms with E-state index in [1.807, 2.05) is 6.08 Å². The molecule has 0 aliphatic heterocycles. The first kappa shape index (κ1) is 11.3. The molecule has 0 aliphatic carbocycles. The Morgan fingerprint density at radius 2 is 2.08 bits per heavy atom. The zero-order valence-corrected chi connectivity index (χ0v) is 7.79. The smallest absolute Gasteiger partial charge is 0.0895 e. The highest BCUT2D eigenvalue weighted by molar-refractivity contribution is 4.94. The molecule has 0 aromatic carbocycles. The van der Waals surface area contributed by atoms with Crippen LogP contribution in [0.1, 0.15) is 32.6 Å². The highest BCUT2D eigenvalue weighted by Gasteiger charge is 2.03. The van der Waals surface area contributed by atoms with Crippen molar-refractivity contribution in [2.75, 3.05) is 6.61 Å². The topological polar surface area (TPSA) is 72.3 Å². The molecule has 0 fully saturated rings. The number of rotatable bonds is 6. The van der Waals surface area contributed by atoms with E-state index >= 15 is 0 Å². The van der Waals surface area contributed by atoms with Gasteiger partial charge in [0.25, 0.3) is 0 Å². The average Bonchev–Trinajstić information content (AvgIpc) is 2.00. The highest BCUT2D eigenvalue weighted by atomic mass is 16.3. The molecular formula is C9H20N2O. The Kier molecular flexibility index (Phi) is 6.57. The van der Waals surface area contributed by atoms with Gasteiger partial charge in [0.05, 0.1) is 5.82 Å². The van der Waals surface area contributed by atoms with E-state index in [1.54, 1.807) is 0 Å². The van der Waals surface area contributed by atoms with Crippen LogP contribution in [-0.4, -0.2) is 11.7 Å². The van der Waals surface area contributed by atoms with E-state index in [0.717, 1.165) is 19.3 Å². The van der Waals surface area contributed by atoms with E-state index < -0.39 is 0 Å². The van der Waals surface area contributed by atoms with E-state index in [1.165, 1.54) is 6.42 Å². The van der Waals surface area contributed by atoms with Gasteiger partial charge in [-0.2, -0.15) is 0 Å². The molecule has 12 heavy (non-hydrogen) atoms. The number of unbranched alkanes of at least 4 members (excludes halogenated alkanes) is 1. The molecule has 0 aliphatic rings. The Morgan fingerprint density at radius 3 is 2.50 bits per heavy atom. The van der Waals surface area contributed by atoms with Gasteiger partial charge in [-0.15, -0.1) is 0 Å². The molecule has 72 valence electrons. The number of nitrogens with two attached hydrogens (primary N) is 2. The van der Waals surface area contributed by atoms with Crippen molar-refractivity contribution in [3.63, 3.8) is 0 Å². The standard InChI is InChI=1S/C9H20N2O/c1-2-3-4-8(5-6-12)7-9(10)11/h7-8,12H,2-6,10-11H2,1H3. The molecule has 0 rings (SSSR count).